The van der Waals surface area contributed by atoms with E-state index in [9.17, 15) is 9.59 Å². The number of hydrogen-bond acceptors (Lipinski definition) is 3. The Kier molecular flexibility index (Phi) is 5.21. The molecule has 0 spiro atoms. The summed E-state index contributed by atoms with van der Waals surface area (Å²) >= 11 is 12.1. The van der Waals surface area contributed by atoms with E-state index < -0.39 is 0 Å². The van der Waals surface area contributed by atoms with Gasteiger partial charge in [0.05, 0.1) is 16.0 Å². The number of halogens is 2. The summed E-state index contributed by atoms with van der Waals surface area (Å²) < 4.78 is 7.10. The van der Waals surface area contributed by atoms with Crippen molar-refractivity contribution in [3.8, 4) is 5.69 Å². The third-order valence-corrected chi connectivity index (χ3v) is 5.42. The van der Waals surface area contributed by atoms with Gasteiger partial charge in [0.15, 0.2) is 6.61 Å². The molecule has 0 unspecified atom stereocenters. The topological polar surface area (TPSA) is 48.3 Å². The maximum atomic E-state index is 12.5. The van der Waals surface area contributed by atoms with Crippen molar-refractivity contribution < 1.29 is 14.3 Å². The van der Waals surface area contributed by atoms with Crippen molar-refractivity contribution in [1.29, 1.82) is 0 Å². The summed E-state index contributed by atoms with van der Waals surface area (Å²) in [5.41, 5.74) is 3.05. The van der Waals surface area contributed by atoms with Gasteiger partial charge in [-0.3, -0.25) is 9.59 Å². The van der Waals surface area contributed by atoms with Gasteiger partial charge < -0.3 is 9.30 Å². The van der Waals surface area contributed by atoms with E-state index in [2.05, 4.69) is 0 Å². The van der Waals surface area contributed by atoms with E-state index in [0.29, 0.717) is 15.6 Å². The molecule has 4 nitrogen and oxygen atoms in total. The fourth-order valence-electron chi connectivity index (χ4n) is 3.04. The van der Waals surface area contributed by atoms with Crippen LogP contribution >= 0.6 is 23.2 Å². The van der Waals surface area contributed by atoms with Crippen LogP contribution in [0.1, 0.15) is 41.0 Å². The predicted molar refractivity (Wildman–Crippen MR) is 97.9 cm³/mol. The van der Waals surface area contributed by atoms with Gasteiger partial charge in [-0.05, 0) is 51.0 Å². The number of Topliss-reactive ketones (excluding diaryl/α,β-unsaturated/α-hetero) is 1. The lowest BCUT2D eigenvalue weighted by atomic mass is 9.86. The number of aryl methyl sites for hydroxylation is 1. The van der Waals surface area contributed by atoms with Crippen molar-refractivity contribution in [1.82, 2.24) is 4.57 Å². The van der Waals surface area contributed by atoms with Crippen molar-refractivity contribution in [2.24, 2.45) is 5.92 Å². The van der Waals surface area contributed by atoms with Gasteiger partial charge in [0.2, 0.25) is 5.78 Å². The number of aromatic nitrogens is 1. The Balaban J connectivity index is 1.79. The van der Waals surface area contributed by atoms with E-state index >= 15 is 0 Å². The Bertz CT molecular complexity index is 837. The SMILES string of the molecule is Cc1cc(C(=O)COC(=O)C2CCC2)c(C)n1-c1ccc(Cl)c(Cl)c1. The zero-order chi connectivity index (χ0) is 18.1. The normalized spacial score (nSPS) is 14.2. The molecule has 0 amide bonds. The fraction of sp³-hybridized carbons (Fsp3) is 0.368. The molecule has 25 heavy (non-hydrogen) atoms. The number of rotatable bonds is 5. The van der Waals surface area contributed by atoms with Crippen LogP contribution in [-0.2, 0) is 9.53 Å². The maximum Gasteiger partial charge on any atom is 0.309 e. The van der Waals surface area contributed by atoms with Gasteiger partial charge in [0.25, 0.3) is 0 Å². The van der Waals surface area contributed by atoms with Crippen LogP contribution in [0.2, 0.25) is 10.0 Å². The molecule has 6 heteroatoms. The molecule has 0 saturated heterocycles. The molecular formula is C19H19Cl2NO3. The fourth-order valence-corrected chi connectivity index (χ4v) is 3.34. The summed E-state index contributed by atoms with van der Waals surface area (Å²) in [5, 5.41) is 0.932. The first-order chi connectivity index (χ1) is 11.9. The van der Waals surface area contributed by atoms with Gasteiger partial charge in [-0.15, -0.1) is 0 Å². The Morgan fingerprint density at radius 2 is 1.88 bits per heavy atom. The average Bonchev–Trinajstić information content (AvgIpc) is 2.81. The summed E-state index contributed by atoms with van der Waals surface area (Å²) in [4.78, 5) is 24.3. The quantitative estimate of drug-likeness (QED) is 0.546. The summed E-state index contributed by atoms with van der Waals surface area (Å²) in [6.07, 6.45) is 2.77. The second-order valence-electron chi connectivity index (χ2n) is 6.38. The van der Waals surface area contributed by atoms with Crippen LogP contribution in [-0.4, -0.2) is 22.9 Å². The van der Waals surface area contributed by atoms with Crippen LogP contribution in [0, 0.1) is 19.8 Å². The van der Waals surface area contributed by atoms with Gasteiger partial charge in [0.1, 0.15) is 0 Å². The molecule has 1 saturated carbocycles. The molecule has 132 valence electrons. The van der Waals surface area contributed by atoms with Gasteiger partial charge in [-0.1, -0.05) is 29.6 Å². The zero-order valence-corrected chi connectivity index (χ0v) is 15.7. The molecule has 2 aromatic rings. The van der Waals surface area contributed by atoms with Crippen LogP contribution in [0.3, 0.4) is 0 Å². The smallest absolute Gasteiger partial charge is 0.309 e. The van der Waals surface area contributed by atoms with Crippen LogP contribution in [0.25, 0.3) is 5.69 Å². The molecule has 1 aliphatic rings. The van der Waals surface area contributed by atoms with Crippen LogP contribution in [0.15, 0.2) is 24.3 Å². The van der Waals surface area contributed by atoms with Crippen LogP contribution < -0.4 is 0 Å². The zero-order valence-electron chi connectivity index (χ0n) is 14.1. The number of carbonyl (C=O) groups is 2. The van der Waals surface area contributed by atoms with Gasteiger partial charge in [-0.25, -0.2) is 0 Å². The molecule has 1 fully saturated rings. The highest BCUT2D eigenvalue weighted by Gasteiger charge is 2.27. The minimum absolute atomic E-state index is 0.0311. The number of esters is 1. The Morgan fingerprint density at radius 3 is 2.48 bits per heavy atom. The second-order valence-corrected chi connectivity index (χ2v) is 7.19. The second kappa shape index (κ2) is 7.22. The molecule has 1 aromatic heterocycles. The van der Waals surface area contributed by atoms with E-state index in [1.807, 2.05) is 24.5 Å². The molecule has 0 aliphatic heterocycles. The monoisotopic (exact) mass is 379 g/mol. The lowest BCUT2D eigenvalue weighted by Crippen LogP contribution is -2.26. The standard InChI is InChI=1S/C19H19Cl2NO3/c1-11-8-15(18(23)10-25-19(24)13-4-3-5-13)12(2)22(11)14-6-7-16(20)17(21)9-14/h6-9,13H,3-5,10H2,1-2H3. The lowest BCUT2D eigenvalue weighted by Gasteiger charge is -2.22. The highest BCUT2D eigenvalue weighted by molar-refractivity contribution is 6.42. The minimum Gasteiger partial charge on any atom is -0.457 e. The number of ether oxygens (including phenoxy) is 1. The van der Waals surface area contributed by atoms with Crippen molar-refractivity contribution in [2.75, 3.05) is 6.61 Å². The molecular weight excluding hydrogens is 361 g/mol. The minimum atomic E-state index is -0.266. The predicted octanol–water partition coefficient (Wildman–Crippen LogP) is 4.93. The highest BCUT2D eigenvalue weighted by atomic mass is 35.5. The molecule has 0 bridgehead atoms. The molecule has 0 atom stereocenters. The third-order valence-electron chi connectivity index (χ3n) is 4.68. The first-order valence-corrected chi connectivity index (χ1v) is 8.98. The summed E-state index contributed by atoms with van der Waals surface area (Å²) in [6.45, 7) is 3.55. The number of ketones is 1. The Hall–Kier alpha value is -1.78. The lowest BCUT2D eigenvalue weighted by molar-refractivity contribution is -0.150. The van der Waals surface area contributed by atoms with Gasteiger partial charge >= 0.3 is 5.97 Å². The molecule has 3 rings (SSSR count). The highest BCUT2D eigenvalue weighted by Crippen LogP contribution is 2.29. The average molecular weight is 380 g/mol. The first-order valence-electron chi connectivity index (χ1n) is 8.22. The molecule has 0 radical (unpaired) electrons. The Labute approximate surface area is 156 Å². The summed E-state index contributed by atoms with van der Waals surface area (Å²) in [6, 6.07) is 7.13. The maximum absolute atomic E-state index is 12.5. The molecule has 1 aromatic carbocycles. The summed E-state index contributed by atoms with van der Waals surface area (Å²) in [7, 11) is 0. The van der Waals surface area contributed by atoms with E-state index in [1.54, 1.807) is 18.2 Å². The number of carbonyl (C=O) groups excluding carboxylic acids is 2. The largest absolute Gasteiger partial charge is 0.457 e. The van der Waals surface area contributed by atoms with E-state index in [4.69, 9.17) is 27.9 Å². The first kappa shape index (κ1) is 18.0. The summed E-state index contributed by atoms with van der Waals surface area (Å²) in [5.74, 6) is -0.499. The van der Waals surface area contributed by atoms with Crippen LogP contribution in [0.4, 0.5) is 0 Å². The van der Waals surface area contributed by atoms with Crippen molar-refractivity contribution in [3.05, 3.63) is 51.3 Å². The van der Waals surface area contributed by atoms with Crippen molar-refractivity contribution in [2.45, 2.75) is 33.1 Å². The third kappa shape index (κ3) is 3.60. The van der Waals surface area contributed by atoms with Gasteiger partial charge in [0, 0.05) is 22.6 Å². The molecule has 1 aliphatic carbocycles. The van der Waals surface area contributed by atoms with Crippen molar-refractivity contribution >= 4 is 35.0 Å². The van der Waals surface area contributed by atoms with Gasteiger partial charge in [-0.2, -0.15) is 0 Å². The van der Waals surface area contributed by atoms with E-state index in [1.165, 1.54) is 0 Å². The molecule has 1 heterocycles. The molecule has 0 N–H and O–H groups in total. The number of nitrogens with zero attached hydrogens (tertiary/aromatic N) is 1. The van der Waals surface area contributed by atoms with E-state index in [0.717, 1.165) is 36.3 Å². The van der Waals surface area contributed by atoms with Crippen LogP contribution in [0.5, 0.6) is 0 Å². The Morgan fingerprint density at radius 1 is 1.16 bits per heavy atom. The number of hydrogen-bond donors (Lipinski definition) is 0. The van der Waals surface area contributed by atoms with E-state index in [-0.39, 0.29) is 24.3 Å². The van der Waals surface area contributed by atoms with Crippen molar-refractivity contribution in [3.63, 3.8) is 0 Å². The number of benzene rings is 1.